The third-order valence-corrected chi connectivity index (χ3v) is 5.07. The van der Waals surface area contributed by atoms with E-state index in [1.54, 1.807) is 7.11 Å². The number of para-hydroxylation sites is 3. The lowest BCUT2D eigenvalue weighted by Crippen LogP contribution is -2.60. The number of methoxy groups -OCH3 is 1. The standard InChI is InChI=1S/C23H24N2O/c1-23(2)22(26-3)20-16-10-11-17-21(20)24(18-12-6-4-7-13-18)25(23)19-14-8-5-9-15-19/h4-17,22H,1-3H3. The number of hydrazine groups is 1. The predicted octanol–water partition coefficient (Wildman–Crippen LogP) is 5.73. The number of fused-ring (bicyclic) bond motifs is 1. The lowest BCUT2D eigenvalue weighted by atomic mass is 9.86. The normalized spacial score (nSPS) is 18.5. The highest BCUT2D eigenvalue weighted by Gasteiger charge is 2.46. The number of hydrogen-bond donors (Lipinski definition) is 0. The monoisotopic (exact) mass is 344 g/mol. The molecule has 1 aliphatic heterocycles. The Morgan fingerprint density at radius 2 is 1.27 bits per heavy atom. The van der Waals surface area contributed by atoms with Crippen molar-refractivity contribution in [3.05, 3.63) is 90.5 Å². The fourth-order valence-corrected chi connectivity index (χ4v) is 4.02. The van der Waals surface area contributed by atoms with Crippen LogP contribution in [0.1, 0.15) is 25.5 Å². The van der Waals surface area contributed by atoms with Crippen LogP contribution in [0, 0.1) is 0 Å². The molecule has 0 saturated carbocycles. The lowest BCUT2D eigenvalue weighted by molar-refractivity contribution is 0.0398. The van der Waals surface area contributed by atoms with Gasteiger partial charge in [-0.3, -0.25) is 10.0 Å². The Labute approximate surface area is 155 Å². The molecule has 0 saturated heterocycles. The van der Waals surface area contributed by atoms with Crippen LogP contribution in [0.5, 0.6) is 0 Å². The van der Waals surface area contributed by atoms with Gasteiger partial charge in [0.2, 0.25) is 0 Å². The maximum Gasteiger partial charge on any atom is 0.109 e. The molecule has 4 rings (SSSR count). The number of rotatable bonds is 3. The number of ether oxygens (including phenoxy) is 1. The van der Waals surface area contributed by atoms with E-state index in [9.17, 15) is 0 Å². The van der Waals surface area contributed by atoms with Crippen molar-refractivity contribution in [1.29, 1.82) is 0 Å². The Kier molecular flexibility index (Phi) is 4.17. The van der Waals surface area contributed by atoms with E-state index < -0.39 is 0 Å². The molecule has 3 heteroatoms. The van der Waals surface area contributed by atoms with Crippen molar-refractivity contribution in [2.45, 2.75) is 25.5 Å². The van der Waals surface area contributed by atoms with Gasteiger partial charge in [-0.1, -0.05) is 54.6 Å². The van der Waals surface area contributed by atoms with Crippen LogP contribution >= 0.6 is 0 Å². The third-order valence-electron chi connectivity index (χ3n) is 5.07. The van der Waals surface area contributed by atoms with Gasteiger partial charge < -0.3 is 4.74 Å². The Hall–Kier alpha value is -2.78. The number of anilines is 3. The van der Waals surface area contributed by atoms with Gasteiger partial charge in [0.05, 0.1) is 22.6 Å². The van der Waals surface area contributed by atoms with Gasteiger partial charge >= 0.3 is 0 Å². The molecule has 3 nitrogen and oxygen atoms in total. The van der Waals surface area contributed by atoms with E-state index in [-0.39, 0.29) is 11.6 Å². The van der Waals surface area contributed by atoms with Crippen molar-refractivity contribution in [2.24, 2.45) is 0 Å². The first-order chi connectivity index (χ1) is 12.6. The van der Waals surface area contributed by atoms with E-state index in [4.69, 9.17) is 4.74 Å². The van der Waals surface area contributed by atoms with Crippen molar-refractivity contribution in [2.75, 3.05) is 17.1 Å². The lowest BCUT2D eigenvalue weighted by Gasteiger charge is -2.55. The molecule has 0 spiro atoms. The van der Waals surface area contributed by atoms with E-state index in [2.05, 4.69) is 109 Å². The van der Waals surface area contributed by atoms with Gasteiger partial charge in [-0.2, -0.15) is 0 Å². The molecular weight excluding hydrogens is 320 g/mol. The second-order valence-corrected chi connectivity index (χ2v) is 7.12. The Morgan fingerprint density at radius 3 is 1.88 bits per heavy atom. The van der Waals surface area contributed by atoms with E-state index in [1.807, 2.05) is 0 Å². The summed E-state index contributed by atoms with van der Waals surface area (Å²) in [4.78, 5) is 0. The van der Waals surface area contributed by atoms with E-state index in [1.165, 1.54) is 5.56 Å². The van der Waals surface area contributed by atoms with Gasteiger partial charge in [-0.25, -0.2) is 0 Å². The summed E-state index contributed by atoms with van der Waals surface area (Å²) in [5.41, 5.74) is 4.34. The van der Waals surface area contributed by atoms with Crippen LogP contribution in [0.2, 0.25) is 0 Å². The maximum absolute atomic E-state index is 6.00. The minimum atomic E-state index is -0.277. The summed E-state index contributed by atoms with van der Waals surface area (Å²) in [5, 5.41) is 4.65. The van der Waals surface area contributed by atoms with Crippen LogP contribution in [0.15, 0.2) is 84.9 Å². The average molecular weight is 344 g/mol. The molecular formula is C23H24N2O. The zero-order valence-electron chi connectivity index (χ0n) is 15.5. The largest absolute Gasteiger partial charge is 0.374 e. The molecule has 1 unspecified atom stereocenters. The summed E-state index contributed by atoms with van der Waals surface area (Å²) >= 11 is 0. The summed E-state index contributed by atoms with van der Waals surface area (Å²) in [6.45, 7) is 4.47. The molecule has 0 N–H and O–H groups in total. The molecule has 0 bridgehead atoms. The fourth-order valence-electron chi connectivity index (χ4n) is 4.02. The smallest absolute Gasteiger partial charge is 0.109 e. The van der Waals surface area contributed by atoms with Crippen molar-refractivity contribution in [3.63, 3.8) is 0 Å². The van der Waals surface area contributed by atoms with Crippen LogP contribution in [0.3, 0.4) is 0 Å². The van der Waals surface area contributed by atoms with Crippen LogP contribution in [0.4, 0.5) is 17.1 Å². The molecule has 26 heavy (non-hydrogen) atoms. The van der Waals surface area contributed by atoms with Crippen LogP contribution in [-0.4, -0.2) is 12.6 Å². The summed E-state index contributed by atoms with van der Waals surface area (Å²) in [6, 6.07) is 29.5. The van der Waals surface area contributed by atoms with Gasteiger partial charge in [-0.05, 0) is 44.2 Å². The molecule has 1 heterocycles. The van der Waals surface area contributed by atoms with E-state index in [0.29, 0.717) is 0 Å². The summed E-state index contributed by atoms with van der Waals surface area (Å²) in [5.74, 6) is 0. The first-order valence-electron chi connectivity index (χ1n) is 8.96. The first-order valence-corrected chi connectivity index (χ1v) is 8.96. The zero-order chi connectivity index (χ0) is 18.1. The molecule has 0 fully saturated rings. The Balaban J connectivity index is 2.00. The summed E-state index contributed by atoms with van der Waals surface area (Å²) in [7, 11) is 1.80. The Bertz CT molecular complexity index is 877. The molecule has 3 aromatic rings. The Morgan fingerprint density at radius 1 is 0.731 bits per heavy atom. The van der Waals surface area contributed by atoms with Crippen LogP contribution in [0.25, 0.3) is 0 Å². The van der Waals surface area contributed by atoms with Gasteiger partial charge in [0.25, 0.3) is 0 Å². The highest BCUT2D eigenvalue weighted by Crippen LogP contribution is 2.49. The SMILES string of the molecule is COC1c2ccccc2N(c2ccccc2)N(c2ccccc2)C1(C)C. The molecule has 132 valence electrons. The predicted molar refractivity (Wildman–Crippen MR) is 108 cm³/mol. The summed E-state index contributed by atoms with van der Waals surface area (Å²) in [6.07, 6.45) is -0.0427. The first kappa shape index (κ1) is 16.7. The molecule has 1 aliphatic rings. The summed E-state index contributed by atoms with van der Waals surface area (Å²) < 4.78 is 6.00. The van der Waals surface area contributed by atoms with Gasteiger partial charge in [0, 0.05) is 12.7 Å². The average Bonchev–Trinajstić information content (AvgIpc) is 2.68. The van der Waals surface area contributed by atoms with Gasteiger partial charge in [-0.15, -0.1) is 0 Å². The fraction of sp³-hybridized carbons (Fsp3) is 0.217. The van der Waals surface area contributed by atoms with Crippen molar-refractivity contribution >= 4 is 17.1 Å². The van der Waals surface area contributed by atoms with Gasteiger partial charge in [0.1, 0.15) is 6.10 Å². The minimum absolute atomic E-state index is 0.0427. The second-order valence-electron chi connectivity index (χ2n) is 7.12. The molecule has 1 atom stereocenters. The number of benzene rings is 3. The molecule has 0 aromatic heterocycles. The minimum Gasteiger partial charge on any atom is -0.374 e. The van der Waals surface area contributed by atoms with Crippen molar-refractivity contribution in [3.8, 4) is 0 Å². The second kappa shape index (κ2) is 6.50. The van der Waals surface area contributed by atoms with Gasteiger partial charge in [0.15, 0.2) is 0 Å². The van der Waals surface area contributed by atoms with Crippen molar-refractivity contribution < 1.29 is 4.74 Å². The molecule has 0 amide bonds. The third kappa shape index (κ3) is 2.56. The molecule has 0 aliphatic carbocycles. The van der Waals surface area contributed by atoms with Crippen LogP contribution in [-0.2, 0) is 4.74 Å². The maximum atomic E-state index is 6.00. The zero-order valence-corrected chi connectivity index (χ0v) is 15.5. The molecule has 3 aromatic carbocycles. The van der Waals surface area contributed by atoms with Crippen molar-refractivity contribution in [1.82, 2.24) is 0 Å². The van der Waals surface area contributed by atoms with Crippen LogP contribution < -0.4 is 10.0 Å². The number of hydrogen-bond acceptors (Lipinski definition) is 3. The topological polar surface area (TPSA) is 15.7 Å². The van der Waals surface area contributed by atoms with E-state index >= 15 is 0 Å². The molecule has 0 radical (unpaired) electrons. The highest BCUT2D eigenvalue weighted by molar-refractivity contribution is 5.76. The van der Waals surface area contributed by atoms with E-state index in [0.717, 1.165) is 17.1 Å². The highest BCUT2D eigenvalue weighted by atomic mass is 16.5. The number of nitrogens with zero attached hydrogens (tertiary/aromatic N) is 2. The quantitative estimate of drug-likeness (QED) is 0.604.